The molecule has 2 heterocycles. The number of rotatable bonds is 10. The van der Waals surface area contributed by atoms with Crippen LogP contribution in [0.3, 0.4) is 0 Å². The molecule has 0 radical (unpaired) electrons. The van der Waals surface area contributed by atoms with Crippen LogP contribution >= 0.6 is 11.6 Å². The molecule has 3 aliphatic rings. The molecule has 1 aliphatic carbocycles. The summed E-state index contributed by atoms with van der Waals surface area (Å²) in [6.07, 6.45) is 3.83. The molecule has 4 atom stereocenters. The van der Waals surface area contributed by atoms with Gasteiger partial charge in [-0.2, -0.15) is 4.31 Å². The zero-order valence-electron chi connectivity index (χ0n) is 25.9. The van der Waals surface area contributed by atoms with Crippen molar-refractivity contribution in [3.8, 4) is 0 Å². The highest BCUT2D eigenvalue weighted by Gasteiger charge is 2.47. The van der Waals surface area contributed by atoms with E-state index in [1.54, 1.807) is 35.7 Å². The molecule has 3 fully saturated rings. The number of hydrogen-bond donors (Lipinski definition) is 2. The maximum absolute atomic E-state index is 15.4. The maximum atomic E-state index is 15.4. The highest BCUT2D eigenvalue weighted by Crippen LogP contribution is 2.44. The minimum atomic E-state index is -3.39. The van der Waals surface area contributed by atoms with Crippen LogP contribution in [0.4, 0.5) is 9.18 Å². The van der Waals surface area contributed by atoms with Crippen molar-refractivity contribution >= 4 is 33.5 Å². The van der Waals surface area contributed by atoms with E-state index in [1.807, 2.05) is 12.1 Å². The third-order valence-electron chi connectivity index (χ3n) is 9.97. The highest BCUT2D eigenvalue weighted by molar-refractivity contribution is 7.89. The lowest BCUT2D eigenvalue weighted by Crippen LogP contribution is -2.57. The number of Topliss-reactive ketones (excluding diaryl/α,β-unsaturated/α-hetero) is 1. The number of sulfonamides is 1. The van der Waals surface area contributed by atoms with Gasteiger partial charge in [0, 0.05) is 49.1 Å². The molecule has 2 bridgehead atoms. The highest BCUT2D eigenvalue weighted by atomic mass is 35.5. The molecule has 2 aromatic rings. The number of piperazine rings is 1. The number of carbonyl (C=O) groups is 2. The van der Waals surface area contributed by atoms with Crippen molar-refractivity contribution in [1.29, 1.82) is 0 Å². The molecule has 1 saturated carbocycles. The molecule has 2 aliphatic heterocycles. The molecule has 0 spiro atoms. The van der Waals surface area contributed by atoms with Crippen LogP contribution in [0.15, 0.2) is 42.5 Å². The van der Waals surface area contributed by atoms with Crippen molar-refractivity contribution in [2.24, 2.45) is 0 Å². The number of benzene rings is 2. The molecule has 2 aromatic carbocycles. The van der Waals surface area contributed by atoms with Gasteiger partial charge in [-0.25, -0.2) is 17.6 Å². The number of hydrogen-bond acceptors (Lipinski definition) is 7. The fourth-order valence-corrected chi connectivity index (χ4v) is 9.40. The summed E-state index contributed by atoms with van der Waals surface area (Å²) in [6, 6.07) is 10.9. The first-order valence-corrected chi connectivity index (χ1v) is 17.7. The fraction of sp³-hybridized carbons (Fsp3) is 0.576. The number of nitrogens with one attached hydrogen (secondary N) is 2. The van der Waals surface area contributed by atoms with Gasteiger partial charge in [0.1, 0.15) is 11.9 Å². The van der Waals surface area contributed by atoms with Crippen LogP contribution in [-0.2, 0) is 42.5 Å². The van der Waals surface area contributed by atoms with Gasteiger partial charge in [-0.1, -0.05) is 35.9 Å². The summed E-state index contributed by atoms with van der Waals surface area (Å²) < 4.78 is 53.6. The molecule has 0 aromatic heterocycles. The first kappa shape index (κ1) is 33.8. The Morgan fingerprint density at radius 1 is 1.13 bits per heavy atom. The summed E-state index contributed by atoms with van der Waals surface area (Å²) in [5.41, 5.74) is 1.02. The van der Waals surface area contributed by atoms with E-state index in [0.717, 1.165) is 12.0 Å². The summed E-state index contributed by atoms with van der Waals surface area (Å²) in [5.74, 6) is -0.586. The van der Waals surface area contributed by atoms with E-state index in [9.17, 15) is 18.0 Å². The summed E-state index contributed by atoms with van der Waals surface area (Å²) in [7, 11) is -0.462. The average Bonchev–Trinajstić information content (AvgIpc) is 3.15. The second-order valence-electron chi connectivity index (χ2n) is 12.5. The number of ketones is 1. The third kappa shape index (κ3) is 7.54. The molecule has 246 valence electrons. The van der Waals surface area contributed by atoms with Gasteiger partial charge in [0.25, 0.3) is 0 Å². The van der Waals surface area contributed by atoms with Crippen molar-refractivity contribution in [3.05, 3.63) is 70.0 Å². The van der Waals surface area contributed by atoms with E-state index in [1.165, 1.54) is 13.2 Å². The SMILES string of the molecule is COC(=O)N[C@H](C(=O)Cc1cccc(F)c1CC[C@H]1CN[C@@H]2CCCS(=O)(=O)N1C2)C1(c2ccc(Cl)cc2)CCC(OC)CC1. The van der Waals surface area contributed by atoms with Gasteiger partial charge in [-0.15, -0.1) is 0 Å². The standard InChI is InChI=1S/C33H43ClFN3O6S/c1-43-27-14-16-33(17-15-27,23-8-10-24(34)11-9-23)31(37-32(40)44-2)30(39)19-22-5-3-7-29(35)28(22)13-12-26-20-36-25-6-4-18-45(41,42)38(26)21-25/h3,5,7-11,25-27,31,36H,4,6,12-21H2,1-2H3,(H,37,40)/t25-,26+,27?,31-,33?/m1/s1. The normalized spacial score (nSPS) is 28.4. The fourth-order valence-electron chi connectivity index (χ4n) is 7.47. The number of alkyl carbamates (subject to hydrolysis) is 1. The van der Waals surface area contributed by atoms with Crippen LogP contribution in [0.2, 0.25) is 5.02 Å². The zero-order valence-corrected chi connectivity index (χ0v) is 27.5. The van der Waals surface area contributed by atoms with Crippen LogP contribution < -0.4 is 10.6 Å². The minimum absolute atomic E-state index is 0.0340. The van der Waals surface area contributed by atoms with E-state index in [0.29, 0.717) is 67.8 Å². The van der Waals surface area contributed by atoms with Crippen LogP contribution in [-0.4, -0.2) is 81.9 Å². The van der Waals surface area contributed by atoms with Crippen molar-refractivity contribution in [1.82, 2.24) is 14.9 Å². The second-order valence-corrected chi connectivity index (χ2v) is 15.0. The van der Waals surface area contributed by atoms with Crippen LogP contribution in [0, 0.1) is 5.82 Å². The molecule has 9 nitrogen and oxygen atoms in total. The Morgan fingerprint density at radius 2 is 1.87 bits per heavy atom. The van der Waals surface area contributed by atoms with Crippen molar-refractivity contribution < 1.29 is 31.9 Å². The Morgan fingerprint density at radius 3 is 2.56 bits per heavy atom. The zero-order chi connectivity index (χ0) is 32.2. The Bertz CT molecular complexity index is 1470. The number of carbonyl (C=O) groups excluding carboxylic acids is 2. The van der Waals surface area contributed by atoms with Gasteiger partial charge in [-0.05, 0) is 86.3 Å². The predicted octanol–water partition coefficient (Wildman–Crippen LogP) is 4.54. The molecular weight excluding hydrogens is 621 g/mol. The summed E-state index contributed by atoms with van der Waals surface area (Å²) >= 11 is 6.22. The van der Waals surface area contributed by atoms with Gasteiger partial charge in [0.2, 0.25) is 10.0 Å². The molecule has 2 saturated heterocycles. The lowest BCUT2D eigenvalue weighted by molar-refractivity contribution is -0.123. The Hall–Kier alpha value is -2.57. The molecule has 5 rings (SSSR count). The smallest absolute Gasteiger partial charge is 0.407 e. The van der Waals surface area contributed by atoms with Gasteiger partial charge < -0.3 is 20.1 Å². The van der Waals surface area contributed by atoms with Crippen LogP contribution in [0.1, 0.15) is 61.6 Å². The van der Waals surface area contributed by atoms with Gasteiger partial charge in [0.15, 0.2) is 5.78 Å². The molecule has 2 N–H and O–H groups in total. The largest absolute Gasteiger partial charge is 0.453 e. The molecule has 1 amide bonds. The van der Waals surface area contributed by atoms with Crippen LogP contribution in [0.5, 0.6) is 0 Å². The number of methoxy groups -OCH3 is 2. The van der Waals surface area contributed by atoms with Gasteiger partial charge >= 0.3 is 6.09 Å². The van der Waals surface area contributed by atoms with Crippen molar-refractivity contribution in [3.63, 3.8) is 0 Å². The lowest BCUT2D eigenvalue weighted by atomic mass is 9.63. The monoisotopic (exact) mass is 663 g/mol. The number of amides is 1. The van der Waals surface area contributed by atoms with E-state index in [-0.39, 0.29) is 42.6 Å². The van der Waals surface area contributed by atoms with Gasteiger partial charge in [0.05, 0.1) is 19.0 Å². The Kier molecular flexibility index (Phi) is 10.9. The van der Waals surface area contributed by atoms with E-state index in [2.05, 4.69) is 10.6 Å². The number of ether oxygens (including phenoxy) is 2. The van der Waals surface area contributed by atoms with Crippen LogP contribution in [0.25, 0.3) is 0 Å². The summed E-state index contributed by atoms with van der Waals surface area (Å²) in [6.45, 7) is 0.928. The molecule has 12 heteroatoms. The lowest BCUT2D eigenvalue weighted by Gasteiger charge is -2.45. The number of fused-ring (bicyclic) bond motifs is 2. The summed E-state index contributed by atoms with van der Waals surface area (Å²) in [5, 5.41) is 6.86. The first-order valence-electron chi connectivity index (χ1n) is 15.7. The molecular formula is C33H43ClFN3O6S. The quantitative estimate of drug-likeness (QED) is 0.384. The average molecular weight is 664 g/mol. The summed E-state index contributed by atoms with van der Waals surface area (Å²) in [4.78, 5) is 27.0. The molecule has 1 unspecified atom stereocenters. The topological polar surface area (TPSA) is 114 Å². The van der Waals surface area contributed by atoms with E-state index >= 15 is 4.39 Å². The van der Waals surface area contributed by atoms with E-state index < -0.39 is 33.4 Å². The third-order valence-corrected chi connectivity index (χ3v) is 12.2. The Balaban J connectivity index is 1.42. The molecule has 45 heavy (non-hydrogen) atoms. The van der Waals surface area contributed by atoms with Gasteiger partial charge in [-0.3, -0.25) is 4.79 Å². The van der Waals surface area contributed by atoms with E-state index in [4.69, 9.17) is 21.1 Å². The van der Waals surface area contributed by atoms with Crippen molar-refractivity contribution in [2.45, 2.75) is 87.4 Å². The number of nitrogens with zero attached hydrogens (tertiary/aromatic N) is 1. The first-order chi connectivity index (χ1) is 21.6. The Labute approximate surface area is 270 Å². The second kappa shape index (κ2) is 14.5. The maximum Gasteiger partial charge on any atom is 0.407 e. The van der Waals surface area contributed by atoms with Crippen molar-refractivity contribution in [2.75, 3.05) is 33.1 Å². The number of halogens is 2. The predicted molar refractivity (Wildman–Crippen MR) is 170 cm³/mol. The minimum Gasteiger partial charge on any atom is -0.453 e.